The van der Waals surface area contributed by atoms with Crippen LogP contribution in [0.1, 0.15) is 38.2 Å². The summed E-state index contributed by atoms with van der Waals surface area (Å²) < 4.78 is 22.0. The lowest BCUT2D eigenvalue weighted by molar-refractivity contribution is -0.00539. The van der Waals surface area contributed by atoms with Crippen molar-refractivity contribution in [2.45, 2.75) is 46.4 Å². The third-order valence-corrected chi connectivity index (χ3v) is 5.59. The smallest absolute Gasteiger partial charge is 0.276 e. The fraction of sp³-hybridized carbons (Fsp3) is 0.400. The molecule has 2 unspecified atom stereocenters. The zero-order chi connectivity index (χ0) is 23.7. The fourth-order valence-electron chi connectivity index (χ4n) is 4.28. The molecule has 1 aromatic heterocycles. The second-order valence-electron chi connectivity index (χ2n) is 9.06. The van der Waals surface area contributed by atoms with Gasteiger partial charge in [0.1, 0.15) is 5.82 Å². The Morgan fingerprint density at radius 2 is 1.82 bits per heavy atom. The van der Waals surface area contributed by atoms with Crippen LogP contribution in [-0.2, 0) is 11.3 Å². The molecule has 1 aliphatic heterocycles. The molecule has 2 heterocycles. The molecule has 2 aromatic carbocycles. The average Bonchev–Trinajstić information content (AvgIpc) is 2.74. The largest absolute Gasteiger partial charge is 0.372 e. The second-order valence-corrected chi connectivity index (χ2v) is 9.06. The third kappa shape index (κ3) is 4.90. The van der Waals surface area contributed by atoms with Crippen LogP contribution in [0, 0.1) is 11.7 Å². The first kappa shape index (κ1) is 22.9. The standard InChI is InChI=1S/C25H29FN4O3/c1-15(2)12-30-25(32)20-8-6-5-7-19(20)23(28-30)24(31)27-18-9-10-22(21(26)11-18)29-13-16(3)33-17(4)14-29/h5-11,15-17H,12-14H2,1-4H3,(H,27,31). The number of hydrogen-bond donors (Lipinski definition) is 1. The number of morpholine rings is 1. The molecule has 0 saturated carbocycles. The first-order valence-corrected chi connectivity index (χ1v) is 11.2. The SMILES string of the molecule is CC(C)Cn1nc(C(=O)Nc2ccc(N3CC(C)OC(C)C3)c(F)c2)c2ccccc2c1=O. The molecule has 33 heavy (non-hydrogen) atoms. The highest BCUT2D eigenvalue weighted by Gasteiger charge is 2.25. The van der Waals surface area contributed by atoms with E-state index in [4.69, 9.17) is 4.74 Å². The van der Waals surface area contributed by atoms with Crippen molar-refractivity contribution in [3.05, 3.63) is 64.3 Å². The summed E-state index contributed by atoms with van der Waals surface area (Å²) in [6.07, 6.45) is 0.0156. The molecule has 174 valence electrons. The number of fused-ring (bicyclic) bond motifs is 1. The molecule has 8 heteroatoms. The van der Waals surface area contributed by atoms with E-state index in [1.807, 2.05) is 32.6 Å². The van der Waals surface area contributed by atoms with Gasteiger partial charge in [-0.25, -0.2) is 9.07 Å². The average molecular weight is 453 g/mol. The van der Waals surface area contributed by atoms with Crippen LogP contribution in [0.5, 0.6) is 0 Å². The van der Waals surface area contributed by atoms with Gasteiger partial charge in [0.05, 0.1) is 23.3 Å². The molecule has 1 amide bonds. The van der Waals surface area contributed by atoms with Crippen molar-refractivity contribution in [3.63, 3.8) is 0 Å². The minimum Gasteiger partial charge on any atom is -0.372 e. The molecule has 0 radical (unpaired) electrons. The highest BCUT2D eigenvalue weighted by atomic mass is 19.1. The highest BCUT2D eigenvalue weighted by Crippen LogP contribution is 2.26. The number of nitrogens with one attached hydrogen (secondary N) is 1. The van der Waals surface area contributed by atoms with E-state index in [9.17, 15) is 14.0 Å². The van der Waals surface area contributed by atoms with Crippen molar-refractivity contribution in [2.24, 2.45) is 5.92 Å². The first-order chi connectivity index (χ1) is 15.7. The van der Waals surface area contributed by atoms with E-state index in [-0.39, 0.29) is 29.4 Å². The lowest BCUT2D eigenvalue weighted by atomic mass is 10.1. The van der Waals surface area contributed by atoms with Gasteiger partial charge in [0.15, 0.2) is 5.69 Å². The Bertz CT molecular complexity index is 1230. The van der Waals surface area contributed by atoms with E-state index in [0.29, 0.717) is 41.8 Å². The van der Waals surface area contributed by atoms with Crippen LogP contribution in [0.15, 0.2) is 47.3 Å². The van der Waals surface area contributed by atoms with E-state index in [2.05, 4.69) is 10.4 Å². The molecule has 0 spiro atoms. The van der Waals surface area contributed by atoms with Crippen molar-refractivity contribution in [1.82, 2.24) is 9.78 Å². The van der Waals surface area contributed by atoms with Gasteiger partial charge in [-0.1, -0.05) is 32.0 Å². The molecule has 7 nitrogen and oxygen atoms in total. The minimum atomic E-state index is -0.496. The van der Waals surface area contributed by atoms with Gasteiger partial charge in [0.2, 0.25) is 0 Å². The van der Waals surface area contributed by atoms with Crippen LogP contribution in [0.3, 0.4) is 0 Å². The minimum absolute atomic E-state index is 0.00778. The monoisotopic (exact) mass is 452 g/mol. The van der Waals surface area contributed by atoms with Crippen molar-refractivity contribution in [1.29, 1.82) is 0 Å². The zero-order valence-electron chi connectivity index (χ0n) is 19.3. The van der Waals surface area contributed by atoms with Crippen molar-refractivity contribution >= 4 is 28.1 Å². The van der Waals surface area contributed by atoms with Gasteiger partial charge in [-0.2, -0.15) is 5.10 Å². The lowest BCUT2D eigenvalue weighted by Crippen LogP contribution is -2.45. The van der Waals surface area contributed by atoms with Crippen molar-refractivity contribution < 1.29 is 13.9 Å². The Morgan fingerprint density at radius 3 is 2.45 bits per heavy atom. The number of carbonyl (C=O) groups is 1. The normalized spacial score (nSPS) is 18.7. The summed E-state index contributed by atoms with van der Waals surface area (Å²) >= 11 is 0. The summed E-state index contributed by atoms with van der Waals surface area (Å²) in [7, 11) is 0. The predicted octanol–water partition coefficient (Wildman–Crippen LogP) is 4.06. The molecule has 1 saturated heterocycles. The first-order valence-electron chi connectivity index (χ1n) is 11.2. The summed E-state index contributed by atoms with van der Waals surface area (Å²) in [6.45, 7) is 9.47. The Hall–Kier alpha value is -3.26. The highest BCUT2D eigenvalue weighted by molar-refractivity contribution is 6.11. The zero-order valence-corrected chi connectivity index (χ0v) is 19.3. The molecular formula is C25H29FN4O3. The Labute approximate surface area is 192 Å². The number of halogens is 1. The van der Waals surface area contributed by atoms with E-state index in [0.717, 1.165) is 0 Å². The topological polar surface area (TPSA) is 76.5 Å². The van der Waals surface area contributed by atoms with Crippen LogP contribution in [-0.4, -0.2) is 41.0 Å². The molecule has 0 bridgehead atoms. The van der Waals surface area contributed by atoms with Crippen LogP contribution >= 0.6 is 0 Å². The van der Waals surface area contributed by atoms with Gasteiger partial charge < -0.3 is 15.0 Å². The Balaban J connectivity index is 1.63. The lowest BCUT2D eigenvalue weighted by Gasteiger charge is -2.37. The summed E-state index contributed by atoms with van der Waals surface area (Å²) in [5, 5.41) is 7.97. The summed E-state index contributed by atoms with van der Waals surface area (Å²) in [5.74, 6) is -0.735. The number of ether oxygens (including phenoxy) is 1. The summed E-state index contributed by atoms with van der Waals surface area (Å²) in [4.78, 5) is 27.9. The number of benzene rings is 2. The maximum absolute atomic E-state index is 15.0. The Kier molecular flexibility index (Phi) is 6.47. The van der Waals surface area contributed by atoms with Gasteiger partial charge >= 0.3 is 0 Å². The fourth-order valence-corrected chi connectivity index (χ4v) is 4.28. The van der Waals surface area contributed by atoms with Crippen molar-refractivity contribution in [3.8, 4) is 0 Å². The molecule has 0 aliphatic carbocycles. The van der Waals surface area contributed by atoms with Gasteiger partial charge in [-0.15, -0.1) is 0 Å². The maximum Gasteiger partial charge on any atom is 0.276 e. The van der Waals surface area contributed by atoms with E-state index >= 15 is 0 Å². The number of rotatable bonds is 5. The number of hydrogen-bond acceptors (Lipinski definition) is 5. The summed E-state index contributed by atoms with van der Waals surface area (Å²) in [6, 6.07) is 11.5. The maximum atomic E-state index is 15.0. The predicted molar refractivity (Wildman–Crippen MR) is 127 cm³/mol. The van der Waals surface area contributed by atoms with E-state index in [1.54, 1.807) is 36.4 Å². The van der Waals surface area contributed by atoms with Crippen molar-refractivity contribution in [2.75, 3.05) is 23.3 Å². The molecule has 1 fully saturated rings. The molecule has 4 rings (SSSR count). The molecule has 1 N–H and O–H groups in total. The summed E-state index contributed by atoms with van der Waals surface area (Å²) in [5.41, 5.74) is 0.693. The molecule has 3 aromatic rings. The number of amides is 1. The molecule has 1 aliphatic rings. The van der Waals surface area contributed by atoms with Gasteiger partial charge in [0.25, 0.3) is 11.5 Å². The van der Waals surface area contributed by atoms with Crippen LogP contribution in [0.25, 0.3) is 10.8 Å². The number of nitrogens with zero attached hydrogens (tertiary/aromatic N) is 3. The number of carbonyl (C=O) groups excluding carboxylic acids is 1. The third-order valence-electron chi connectivity index (χ3n) is 5.59. The second kappa shape index (κ2) is 9.31. The van der Waals surface area contributed by atoms with Gasteiger partial charge in [0, 0.05) is 30.7 Å². The van der Waals surface area contributed by atoms with Crippen LogP contribution in [0.4, 0.5) is 15.8 Å². The van der Waals surface area contributed by atoms with Gasteiger partial charge in [-0.05, 0) is 44.0 Å². The number of anilines is 2. The quantitative estimate of drug-likeness (QED) is 0.632. The van der Waals surface area contributed by atoms with Crippen LogP contribution in [0.2, 0.25) is 0 Å². The molecular weight excluding hydrogens is 423 g/mol. The van der Waals surface area contributed by atoms with Crippen LogP contribution < -0.4 is 15.8 Å². The van der Waals surface area contributed by atoms with Gasteiger partial charge in [-0.3, -0.25) is 9.59 Å². The number of aromatic nitrogens is 2. The van der Waals surface area contributed by atoms with E-state index in [1.165, 1.54) is 10.7 Å². The molecule has 2 atom stereocenters. The van der Waals surface area contributed by atoms with E-state index < -0.39 is 11.7 Å². The Morgan fingerprint density at radius 1 is 1.15 bits per heavy atom.